The second-order valence-electron chi connectivity index (χ2n) is 7.57. The van der Waals surface area contributed by atoms with Crippen molar-refractivity contribution in [3.8, 4) is 0 Å². The Balaban J connectivity index is 1.44. The van der Waals surface area contributed by atoms with Crippen molar-refractivity contribution in [2.45, 2.75) is 32.2 Å². The Kier molecular flexibility index (Phi) is 5.90. The monoisotopic (exact) mass is 477 g/mol. The number of hydrogen-bond donors (Lipinski definition) is 1. The highest BCUT2D eigenvalue weighted by atomic mass is 19.4. The molecule has 3 aromatic rings. The minimum Gasteiger partial charge on any atom is -0.452 e. The Morgan fingerprint density at radius 1 is 1.18 bits per heavy atom. The van der Waals surface area contributed by atoms with Crippen LogP contribution in [0.15, 0.2) is 51.7 Å². The number of carbonyl (C=O) groups is 3. The van der Waals surface area contributed by atoms with E-state index in [0.29, 0.717) is 11.1 Å². The normalized spacial score (nSPS) is 14.5. The molecule has 1 aliphatic heterocycles. The fraction of sp³-hybridized carbons (Fsp3) is 0.273. The van der Waals surface area contributed by atoms with Gasteiger partial charge < -0.3 is 14.5 Å². The summed E-state index contributed by atoms with van der Waals surface area (Å²) in [6.45, 7) is 0.788. The van der Waals surface area contributed by atoms with Gasteiger partial charge in [0.2, 0.25) is 5.91 Å². The van der Waals surface area contributed by atoms with Crippen LogP contribution >= 0.6 is 0 Å². The first-order chi connectivity index (χ1) is 16.0. The molecule has 0 fully saturated rings. The number of benzene rings is 2. The predicted molar refractivity (Wildman–Crippen MR) is 113 cm³/mol. The first-order valence-corrected chi connectivity index (χ1v) is 10.1. The standard InChI is InChI=1S/C22H18F3N3O6/c1-12(33-19(30)8-9-27-16-4-2-3-5-17(16)34-21(27)32)20(31)28-11-18(29)26-14-10-13(22(23,24)25)6-7-15(14)28/h2-7,10,12H,8-9,11H2,1H3,(H,26,29). The zero-order valence-corrected chi connectivity index (χ0v) is 17.7. The van der Waals surface area contributed by atoms with Crippen LogP contribution in [0.25, 0.3) is 11.1 Å². The van der Waals surface area contributed by atoms with Crippen LogP contribution in [-0.4, -0.2) is 35.0 Å². The number of ether oxygens (including phenoxy) is 1. The van der Waals surface area contributed by atoms with Gasteiger partial charge in [-0.1, -0.05) is 12.1 Å². The number of fused-ring (bicyclic) bond motifs is 2. The van der Waals surface area contributed by atoms with Crippen LogP contribution in [0.5, 0.6) is 0 Å². The fourth-order valence-corrected chi connectivity index (χ4v) is 3.62. The van der Waals surface area contributed by atoms with Crippen LogP contribution in [0.1, 0.15) is 18.9 Å². The summed E-state index contributed by atoms with van der Waals surface area (Å²) in [5, 5.41) is 2.31. The summed E-state index contributed by atoms with van der Waals surface area (Å²) >= 11 is 0. The second kappa shape index (κ2) is 8.69. The largest absolute Gasteiger partial charge is 0.452 e. The van der Waals surface area contributed by atoms with Gasteiger partial charge in [-0.25, -0.2) is 4.79 Å². The van der Waals surface area contributed by atoms with Crippen molar-refractivity contribution >= 4 is 40.3 Å². The number of rotatable bonds is 5. The van der Waals surface area contributed by atoms with Crippen LogP contribution in [0.2, 0.25) is 0 Å². The van der Waals surface area contributed by atoms with E-state index in [1.807, 2.05) is 0 Å². The van der Waals surface area contributed by atoms with E-state index in [-0.39, 0.29) is 24.3 Å². The van der Waals surface area contributed by atoms with Crippen LogP contribution in [-0.2, 0) is 31.8 Å². The molecule has 0 radical (unpaired) electrons. The molecule has 2 heterocycles. The van der Waals surface area contributed by atoms with Gasteiger partial charge in [0.1, 0.15) is 6.54 Å². The van der Waals surface area contributed by atoms with Gasteiger partial charge in [-0.3, -0.25) is 23.9 Å². The third-order valence-electron chi connectivity index (χ3n) is 5.23. The zero-order chi connectivity index (χ0) is 24.6. The van der Waals surface area contributed by atoms with Gasteiger partial charge in [0.25, 0.3) is 5.91 Å². The maximum absolute atomic E-state index is 13.0. The molecule has 4 rings (SSSR count). The van der Waals surface area contributed by atoms with Gasteiger partial charge in [0.15, 0.2) is 11.7 Å². The van der Waals surface area contributed by atoms with E-state index in [0.717, 1.165) is 23.1 Å². The van der Waals surface area contributed by atoms with Crippen LogP contribution in [0, 0.1) is 0 Å². The first kappa shape index (κ1) is 23.1. The zero-order valence-electron chi connectivity index (χ0n) is 17.7. The average Bonchev–Trinajstić information content (AvgIpc) is 3.10. The van der Waals surface area contributed by atoms with E-state index in [2.05, 4.69) is 5.32 Å². The van der Waals surface area contributed by atoms with Gasteiger partial charge in [-0.05, 0) is 37.3 Å². The van der Waals surface area contributed by atoms with E-state index in [1.54, 1.807) is 24.3 Å². The number of oxazole rings is 1. The number of esters is 1. The lowest BCUT2D eigenvalue weighted by atomic mass is 10.1. The molecular weight excluding hydrogens is 459 g/mol. The molecule has 1 unspecified atom stereocenters. The molecule has 2 amide bonds. The molecule has 178 valence electrons. The smallest absolute Gasteiger partial charge is 0.419 e. The lowest BCUT2D eigenvalue weighted by Crippen LogP contribution is -2.47. The number of halogens is 3. The summed E-state index contributed by atoms with van der Waals surface area (Å²) in [4.78, 5) is 50.1. The Labute approximate surface area is 189 Å². The Morgan fingerprint density at radius 2 is 1.91 bits per heavy atom. The summed E-state index contributed by atoms with van der Waals surface area (Å²) in [6.07, 6.45) is -6.20. The van der Waals surface area contributed by atoms with Crippen molar-refractivity contribution in [3.63, 3.8) is 0 Å². The Hall–Kier alpha value is -4.09. The van der Waals surface area contributed by atoms with Gasteiger partial charge in [-0.15, -0.1) is 0 Å². The lowest BCUT2D eigenvalue weighted by Gasteiger charge is -2.31. The molecule has 0 bridgehead atoms. The number of amides is 2. The topological polar surface area (TPSA) is 111 Å². The highest BCUT2D eigenvalue weighted by molar-refractivity contribution is 6.11. The SMILES string of the molecule is CC(OC(=O)CCn1c(=O)oc2ccccc21)C(=O)N1CC(=O)Nc2cc(C(F)(F)F)ccc21. The molecule has 1 aromatic heterocycles. The second-order valence-corrected chi connectivity index (χ2v) is 7.57. The van der Waals surface area contributed by atoms with E-state index < -0.39 is 47.9 Å². The molecule has 0 saturated heterocycles. The quantitative estimate of drug-likeness (QED) is 0.566. The average molecular weight is 477 g/mol. The summed E-state index contributed by atoms with van der Waals surface area (Å²) in [5.41, 5.74) is -0.248. The number of para-hydroxylation sites is 2. The van der Waals surface area contributed by atoms with E-state index >= 15 is 0 Å². The summed E-state index contributed by atoms with van der Waals surface area (Å²) in [5.74, 6) is -2.90. The minimum absolute atomic E-state index is 0.0508. The van der Waals surface area contributed by atoms with Gasteiger partial charge in [-0.2, -0.15) is 13.2 Å². The van der Waals surface area contributed by atoms with Crippen LogP contribution in [0.4, 0.5) is 24.5 Å². The van der Waals surface area contributed by atoms with Crippen molar-refractivity contribution in [1.29, 1.82) is 0 Å². The van der Waals surface area contributed by atoms with E-state index in [9.17, 15) is 32.3 Å². The number of alkyl halides is 3. The van der Waals surface area contributed by atoms with E-state index in [1.165, 1.54) is 11.5 Å². The number of nitrogens with one attached hydrogen (secondary N) is 1. The Bertz CT molecular complexity index is 1340. The van der Waals surface area contributed by atoms with Crippen molar-refractivity contribution in [1.82, 2.24) is 4.57 Å². The van der Waals surface area contributed by atoms with Gasteiger partial charge in [0, 0.05) is 6.54 Å². The molecule has 1 atom stereocenters. The van der Waals surface area contributed by atoms with Gasteiger partial charge in [0.05, 0.1) is 28.9 Å². The molecule has 9 nitrogen and oxygen atoms in total. The van der Waals surface area contributed by atoms with Gasteiger partial charge >= 0.3 is 17.9 Å². The third-order valence-corrected chi connectivity index (χ3v) is 5.23. The third kappa shape index (κ3) is 4.51. The fourth-order valence-electron chi connectivity index (χ4n) is 3.62. The van der Waals surface area contributed by atoms with Crippen LogP contribution in [0.3, 0.4) is 0 Å². The Morgan fingerprint density at radius 3 is 2.65 bits per heavy atom. The maximum atomic E-state index is 13.0. The molecule has 0 spiro atoms. The first-order valence-electron chi connectivity index (χ1n) is 10.1. The number of aryl methyl sites for hydroxylation is 1. The molecule has 0 aliphatic carbocycles. The van der Waals surface area contributed by atoms with E-state index in [4.69, 9.17) is 9.15 Å². The number of hydrogen-bond acceptors (Lipinski definition) is 6. The molecule has 2 aromatic carbocycles. The molecule has 34 heavy (non-hydrogen) atoms. The van der Waals surface area contributed by atoms with Crippen molar-refractivity contribution < 1.29 is 36.7 Å². The highest BCUT2D eigenvalue weighted by Gasteiger charge is 2.35. The maximum Gasteiger partial charge on any atom is 0.419 e. The molecular formula is C22H18F3N3O6. The number of anilines is 2. The van der Waals surface area contributed by atoms with Crippen LogP contribution < -0.4 is 16.0 Å². The molecule has 1 aliphatic rings. The number of carbonyl (C=O) groups excluding carboxylic acids is 3. The lowest BCUT2D eigenvalue weighted by molar-refractivity contribution is -0.154. The summed E-state index contributed by atoms with van der Waals surface area (Å²) < 4.78 is 50.5. The number of aromatic nitrogens is 1. The highest BCUT2D eigenvalue weighted by Crippen LogP contribution is 2.37. The van der Waals surface area contributed by atoms with Crippen molar-refractivity contribution in [2.24, 2.45) is 0 Å². The molecule has 1 N–H and O–H groups in total. The predicted octanol–water partition coefficient (Wildman–Crippen LogP) is 2.92. The minimum atomic E-state index is -4.63. The molecule has 12 heteroatoms. The molecule has 0 saturated carbocycles. The number of nitrogens with zero attached hydrogens (tertiary/aromatic N) is 2. The summed E-state index contributed by atoms with van der Waals surface area (Å²) in [7, 11) is 0. The van der Waals surface area contributed by atoms with Crippen molar-refractivity contribution in [2.75, 3.05) is 16.8 Å². The van der Waals surface area contributed by atoms with Crippen molar-refractivity contribution in [3.05, 3.63) is 58.6 Å². The summed E-state index contributed by atoms with van der Waals surface area (Å²) in [6, 6.07) is 9.26.